The van der Waals surface area contributed by atoms with Crippen molar-refractivity contribution in [1.29, 1.82) is 0 Å². The molecule has 2 amide bonds. The number of nitrogens with one attached hydrogen (secondary N) is 1. The molecule has 2 aromatic carbocycles. The molecule has 1 unspecified atom stereocenters. The number of hydrogen-bond donors (Lipinski definition) is 1. The number of halogens is 1. The van der Waals surface area contributed by atoms with Crippen LogP contribution in [0.15, 0.2) is 59.8 Å². The fourth-order valence-corrected chi connectivity index (χ4v) is 4.44. The lowest BCUT2D eigenvalue weighted by Gasteiger charge is -2.16. The van der Waals surface area contributed by atoms with Crippen LogP contribution in [0.25, 0.3) is 0 Å². The quantitative estimate of drug-likeness (QED) is 0.549. The summed E-state index contributed by atoms with van der Waals surface area (Å²) < 4.78 is 1.83. The monoisotopic (exact) mass is 455 g/mol. The van der Waals surface area contributed by atoms with E-state index in [1.54, 1.807) is 18.2 Å². The molecule has 3 aromatic rings. The highest BCUT2D eigenvalue weighted by Crippen LogP contribution is 2.29. The first kappa shape index (κ1) is 21.4. The maximum absolute atomic E-state index is 12.5. The molecule has 1 atom stereocenters. The van der Waals surface area contributed by atoms with Crippen molar-refractivity contribution >= 4 is 40.9 Å². The van der Waals surface area contributed by atoms with Crippen LogP contribution in [0.3, 0.4) is 0 Å². The topological polar surface area (TPSA) is 80.1 Å². The molecule has 7 nitrogen and oxygen atoms in total. The van der Waals surface area contributed by atoms with E-state index >= 15 is 0 Å². The van der Waals surface area contributed by atoms with E-state index in [0.717, 1.165) is 0 Å². The van der Waals surface area contributed by atoms with E-state index in [9.17, 15) is 9.59 Å². The van der Waals surface area contributed by atoms with Gasteiger partial charge in [0.2, 0.25) is 11.8 Å². The molecule has 1 fully saturated rings. The summed E-state index contributed by atoms with van der Waals surface area (Å²) in [5, 5.41) is 12.3. The summed E-state index contributed by atoms with van der Waals surface area (Å²) in [5.74, 6) is 1.00. The van der Waals surface area contributed by atoms with E-state index in [4.69, 9.17) is 11.6 Å². The minimum Gasteiger partial charge on any atom is -0.335 e. The van der Waals surface area contributed by atoms with Crippen molar-refractivity contribution in [3.8, 4) is 0 Å². The molecule has 160 valence electrons. The Hall–Kier alpha value is -2.84. The van der Waals surface area contributed by atoms with Crippen molar-refractivity contribution in [2.45, 2.75) is 24.0 Å². The van der Waals surface area contributed by atoms with Crippen molar-refractivity contribution in [3.05, 3.63) is 71.0 Å². The Balaban J connectivity index is 1.33. The molecule has 1 aliphatic heterocycles. The molecule has 1 N–H and O–H groups in total. The highest BCUT2D eigenvalue weighted by molar-refractivity contribution is 7.99. The van der Waals surface area contributed by atoms with Gasteiger partial charge in [0.05, 0.1) is 23.0 Å². The Kier molecular flexibility index (Phi) is 6.58. The summed E-state index contributed by atoms with van der Waals surface area (Å²) >= 11 is 7.36. The average Bonchev–Trinajstić information content (AvgIpc) is 3.32. The van der Waals surface area contributed by atoms with Gasteiger partial charge in [-0.1, -0.05) is 65.8 Å². The Bertz CT molecular complexity index is 1090. The first-order chi connectivity index (χ1) is 15.0. The molecule has 0 aliphatic carbocycles. The summed E-state index contributed by atoms with van der Waals surface area (Å²) in [6, 6.07) is 17.2. The molecule has 4 rings (SSSR count). The third kappa shape index (κ3) is 5.08. The van der Waals surface area contributed by atoms with Crippen LogP contribution in [0.2, 0.25) is 5.02 Å². The maximum atomic E-state index is 12.5. The van der Waals surface area contributed by atoms with Crippen LogP contribution in [0.1, 0.15) is 23.7 Å². The molecule has 1 saturated heterocycles. The van der Waals surface area contributed by atoms with Crippen molar-refractivity contribution in [2.24, 2.45) is 7.05 Å². The molecule has 1 aromatic heterocycles. The van der Waals surface area contributed by atoms with Gasteiger partial charge in [0.1, 0.15) is 0 Å². The number of thioether (sulfide) groups is 1. The summed E-state index contributed by atoms with van der Waals surface area (Å²) in [6.07, 6.45) is 0.506. The molecule has 1 aliphatic rings. The number of carbonyl (C=O) groups is 2. The molecule has 0 spiro atoms. The third-order valence-corrected chi connectivity index (χ3v) is 6.57. The van der Waals surface area contributed by atoms with Crippen molar-refractivity contribution in [1.82, 2.24) is 19.7 Å². The first-order valence-electron chi connectivity index (χ1n) is 9.89. The van der Waals surface area contributed by atoms with Crippen LogP contribution >= 0.6 is 23.4 Å². The van der Waals surface area contributed by atoms with Gasteiger partial charge in [-0.3, -0.25) is 9.59 Å². The van der Waals surface area contributed by atoms with E-state index in [2.05, 4.69) is 27.6 Å². The maximum Gasteiger partial charge on any atom is 0.234 e. The van der Waals surface area contributed by atoms with Crippen LogP contribution in [-0.4, -0.2) is 43.8 Å². The van der Waals surface area contributed by atoms with Crippen LogP contribution in [0.4, 0.5) is 5.69 Å². The number of para-hydroxylation sites is 1. The van der Waals surface area contributed by atoms with Crippen molar-refractivity contribution in [2.75, 3.05) is 17.6 Å². The van der Waals surface area contributed by atoms with Gasteiger partial charge >= 0.3 is 0 Å². The third-order valence-electron chi connectivity index (χ3n) is 5.22. The molecule has 2 heterocycles. The average molecular weight is 456 g/mol. The predicted molar refractivity (Wildman–Crippen MR) is 121 cm³/mol. The van der Waals surface area contributed by atoms with Gasteiger partial charge in [-0.25, -0.2) is 0 Å². The minimum atomic E-state index is -0.178. The van der Waals surface area contributed by atoms with Gasteiger partial charge < -0.3 is 14.8 Å². The van der Waals surface area contributed by atoms with Gasteiger partial charge in [0, 0.05) is 25.9 Å². The predicted octanol–water partition coefficient (Wildman–Crippen LogP) is 3.72. The Morgan fingerprint density at radius 1 is 1.16 bits per heavy atom. The number of carbonyl (C=O) groups excluding carboxylic acids is 2. The summed E-state index contributed by atoms with van der Waals surface area (Å²) in [5.41, 5.74) is 1.76. The van der Waals surface area contributed by atoms with Gasteiger partial charge in [0.15, 0.2) is 11.0 Å². The number of amides is 2. The molecule has 0 saturated carbocycles. The van der Waals surface area contributed by atoms with Crippen LogP contribution in [0, 0.1) is 0 Å². The van der Waals surface area contributed by atoms with E-state index in [0.29, 0.717) is 41.2 Å². The smallest absolute Gasteiger partial charge is 0.234 e. The lowest BCUT2D eigenvalue weighted by molar-refractivity contribution is -0.128. The fraction of sp³-hybridized carbons (Fsp3) is 0.273. The number of aromatic nitrogens is 3. The molecule has 0 bridgehead atoms. The number of anilines is 1. The van der Waals surface area contributed by atoms with Crippen LogP contribution in [0.5, 0.6) is 0 Å². The summed E-state index contributed by atoms with van der Waals surface area (Å²) in [7, 11) is 1.85. The second-order valence-corrected chi connectivity index (χ2v) is 8.71. The van der Waals surface area contributed by atoms with Crippen LogP contribution < -0.4 is 5.32 Å². The Morgan fingerprint density at radius 3 is 2.68 bits per heavy atom. The van der Waals surface area contributed by atoms with E-state index < -0.39 is 0 Å². The van der Waals surface area contributed by atoms with E-state index in [-0.39, 0.29) is 23.5 Å². The number of nitrogens with zero attached hydrogens (tertiary/aromatic N) is 4. The van der Waals surface area contributed by atoms with E-state index in [1.807, 2.05) is 40.8 Å². The largest absolute Gasteiger partial charge is 0.335 e. The number of rotatable bonds is 7. The number of benzene rings is 2. The molecule has 31 heavy (non-hydrogen) atoms. The molecule has 9 heteroatoms. The Morgan fingerprint density at radius 2 is 1.90 bits per heavy atom. The lowest BCUT2D eigenvalue weighted by atomic mass is 9.99. The normalized spacial score (nSPS) is 16.0. The van der Waals surface area contributed by atoms with Gasteiger partial charge in [-0.05, 0) is 17.7 Å². The molecule has 0 radical (unpaired) electrons. The SMILES string of the molecule is Cn1c(CN2CC(c3ccccc3)CC2=O)nnc1SCC(=O)Nc1ccccc1Cl. The summed E-state index contributed by atoms with van der Waals surface area (Å²) in [6.45, 7) is 1.07. The van der Waals surface area contributed by atoms with Crippen LogP contribution in [-0.2, 0) is 23.2 Å². The highest BCUT2D eigenvalue weighted by Gasteiger charge is 2.31. The minimum absolute atomic E-state index is 0.116. The number of likely N-dealkylation sites (tertiary alicyclic amines) is 1. The zero-order valence-corrected chi connectivity index (χ0v) is 18.6. The highest BCUT2D eigenvalue weighted by atomic mass is 35.5. The molecular formula is C22H22ClN5O2S. The Labute approximate surface area is 189 Å². The number of hydrogen-bond acceptors (Lipinski definition) is 5. The fourth-order valence-electron chi connectivity index (χ4n) is 3.53. The van der Waals surface area contributed by atoms with Gasteiger partial charge in [-0.15, -0.1) is 10.2 Å². The first-order valence-corrected chi connectivity index (χ1v) is 11.3. The van der Waals surface area contributed by atoms with Crippen molar-refractivity contribution < 1.29 is 9.59 Å². The van der Waals surface area contributed by atoms with E-state index in [1.165, 1.54) is 17.3 Å². The van der Waals surface area contributed by atoms with Gasteiger partial charge in [-0.2, -0.15) is 0 Å². The second kappa shape index (κ2) is 9.53. The second-order valence-electron chi connectivity index (χ2n) is 7.36. The molecular weight excluding hydrogens is 434 g/mol. The van der Waals surface area contributed by atoms with Gasteiger partial charge in [0.25, 0.3) is 0 Å². The summed E-state index contributed by atoms with van der Waals surface area (Å²) in [4.78, 5) is 26.6. The van der Waals surface area contributed by atoms with Crippen molar-refractivity contribution in [3.63, 3.8) is 0 Å². The standard InChI is InChI=1S/C22H22ClN5O2S/c1-27-19(13-28-12-16(11-21(28)30)15-7-3-2-4-8-15)25-26-22(27)31-14-20(29)24-18-10-6-5-9-17(18)23/h2-10,16H,11-14H2,1H3,(H,24,29). The zero-order valence-electron chi connectivity index (χ0n) is 17.0. The lowest BCUT2D eigenvalue weighted by Crippen LogP contribution is -2.26. The zero-order chi connectivity index (χ0) is 21.8.